The molecule has 10 heteroatoms. The number of rotatable bonds is 5. The highest BCUT2D eigenvalue weighted by atomic mass is 16.6. The molecule has 0 aliphatic heterocycles. The summed E-state index contributed by atoms with van der Waals surface area (Å²) in [7, 11) is 0. The first-order valence-corrected chi connectivity index (χ1v) is 8.97. The number of ether oxygens (including phenoxy) is 1. The number of hydrogen-bond acceptors (Lipinski definition) is 8. The van der Waals surface area contributed by atoms with Crippen molar-refractivity contribution >= 4 is 28.4 Å². The lowest BCUT2D eigenvalue weighted by Gasteiger charge is -2.10. The Balaban J connectivity index is 1.71. The van der Waals surface area contributed by atoms with E-state index in [0.717, 1.165) is 11.1 Å². The van der Waals surface area contributed by atoms with Crippen molar-refractivity contribution in [2.24, 2.45) is 0 Å². The quantitative estimate of drug-likeness (QED) is 0.528. The molecule has 0 aliphatic carbocycles. The number of nitrogens with zero attached hydrogens (tertiary/aromatic N) is 5. The van der Waals surface area contributed by atoms with Crippen LogP contribution in [-0.4, -0.2) is 30.8 Å². The average Bonchev–Trinajstić information content (AvgIpc) is 3.26. The van der Waals surface area contributed by atoms with Crippen LogP contribution in [0, 0.1) is 6.92 Å². The van der Waals surface area contributed by atoms with E-state index in [2.05, 4.69) is 25.6 Å². The zero-order valence-corrected chi connectivity index (χ0v) is 16.1. The summed E-state index contributed by atoms with van der Waals surface area (Å²) in [6, 6.07) is 7.23. The van der Waals surface area contributed by atoms with Gasteiger partial charge in [-0.2, -0.15) is 0 Å². The lowest BCUT2D eigenvalue weighted by Crippen LogP contribution is -2.07. The number of imidazole rings is 1. The molecule has 0 saturated heterocycles. The maximum Gasteiger partial charge on any atom is 0.221 e. The van der Waals surface area contributed by atoms with Crippen molar-refractivity contribution in [3.05, 3.63) is 36.0 Å². The minimum absolute atomic E-state index is 0.147. The second kappa shape index (κ2) is 7.23. The van der Waals surface area contributed by atoms with E-state index >= 15 is 0 Å². The number of benzene rings is 1. The van der Waals surface area contributed by atoms with E-state index in [1.165, 1.54) is 6.92 Å². The molecule has 0 atom stereocenters. The topological polar surface area (TPSA) is 134 Å². The smallest absolute Gasteiger partial charge is 0.221 e. The molecule has 4 aromatic rings. The van der Waals surface area contributed by atoms with Gasteiger partial charge in [-0.05, 0) is 35.8 Å². The zero-order chi connectivity index (χ0) is 20.5. The number of amides is 1. The minimum Gasteiger partial charge on any atom is -0.439 e. The summed E-state index contributed by atoms with van der Waals surface area (Å²) in [6.45, 7) is 5.97. The molecule has 3 aromatic heterocycles. The van der Waals surface area contributed by atoms with Gasteiger partial charge < -0.3 is 20.4 Å². The number of hydrogen-bond donors (Lipinski definition) is 2. The van der Waals surface area contributed by atoms with Gasteiger partial charge in [0.15, 0.2) is 17.3 Å². The van der Waals surface area contributed by atoms with E-state index in [0.29, 0.717) is 40.9 Å². The maximum atomic E-state index is 11.4. The third-order valence-electron chi connectivity index (χ3n) is 4.39. The number of carbonyl (C=O) groups excluding carboxylic acids is 1. The van der Waals surface area contributed by atoms with Crippen molar-refractivity contribution in [3.63, 3.8) is 0 Å². The first kappa shape index (κ1) is 18.4. The van der Waals surface area contributed by atoms with Gasteiger partial charge >= 0.3 is 0 Å². The number of fused-ring (bicyclic) bond motifs is 1. The second-order valence-electron chi connectivity index (χ2n) is 6.45. The highest BCUT2D eigenvalue weighted by molar-refractivity contribution is 5.89. The van der Waals surface area contributed by atoms with Gasteiger partial charge in [0.25, 0.3) is 0 Å². The van der Waals surface area contributed by atoms with Crippen molar-refractivity contribution in [2.45, 2.75) is 27.3 Å². The van der Waals surface area contributed by atoms with Crippen LogP contribution >= 0.6 is 0 Å². The molecule has 0 radical (unpaired) electrons. The fourth-order valence-electron chi connectivity index (χ4n) is 3.03. The molecule has 148 valence electrons. The number of aromatic nitrogens is 5. The largest absolute Gasteiger partial charge is 0.439 e. The lowest BCUT2D eigenvalue weighted by atomic mass is 10.2. The van der Waals surface area contributed by atoms with Gasteiger partial charge in [-0.15, -0.1) is 0 Å². The molecule has 29 heavy (non-hydrogen) atoms. The Hall–Kier alpha value is -3.95. The van der Waals surface area contributed by atoms with Crippen molar-refractivity contribution in [3.8, 4) is 23.1 Å². The fraction of sp³-hybridized carbons (Fsp3) is 0.211. The normalized spacial score (nSPS) is 11.0. The molecule has 0 spiro atoms. The van der Waals surface area contributed by atoms with Gasteiger partial charge in [0.2, 0.25) is 11.8 Å². The average molecular weight is 393 g/mol. The Morgan fingerprint density at radius 1 is 1.31 bits per heavy atom. The highest BCUT2D eigenvalue weighted by Crippen LogP contribution is 2.30. The molecule has 1 amide bonds. The van der Waals surface area contributed by atoms with E-state index in [1.54, 1.807) is 18.3 Å². The van der Waals surface area contributed by atoms with Crippen LogP contribution < -0.4 is 15.8 Å². The van der Waals surface area contributed by atoms with Crippen LogP contribution in [0.2, 0.25) is 0 Å². The van der Waals surface area contributed by atoms with Crippen molar-refractivity contribution in [1.29, 1.82) is 0 Å². The predicted molar refractivity (Wildman–Crippen MR) is 106 cm³/mol. The van der Waals surface area contributed by atoms with Gasteiger partial charge in [-0.1, -0.05) is 6.07 Å². The summed E-state index contributed by atoms with van der Waals surface area (Å²) in [5.74, 6) is 1.51. The van der Waals surface area contributed by atoms with Gasteiger partial charge in [0.05, 0.1) is 11.7 Å². The zero-order valence-electron chi connectivity index (χ0n) is 16.1. The summed E-state index contributed by atoms with van der Waals surface area (Å²) in [5.41, 5.74) is 9.29. The fourth-order valence-corrected chi connectivity index (χ4v) is 3.03. The maximum absolute atomic E-state index is 11.4. The van der Waals surface area contributed by atoms with E-state index in [-0.39, 0.29) is 11.7 Å². The third kappa shape index (κ3) is 3.47. The molecule has 3 heterocycles. The molecule has 0 fully saturated rings. The Kier molecular flexibility index (Phi) is 4.59. The van der Waals surface area contributed by atoms with Crippen LogP contribution in [0.4, 0.5) is 11.5 Å². The second-order valence-corrected chi connectivity index (χ2v) is 6.45. The Morgan fingerprint density at radius 3 is 2.83 bits per heavy atom. The summed E-state index contributed by atoms with van der Waals surface area (Å²) >= 11 is 0. The van der Waals surface area contributed by atoms with E-state index in [9.17, 15) is 4.79 Å². The van der Waals surface area contributed by atoms with Gasteiger partial charge in [0.1, 0.15) is 11.3 Å². The summed E-state index contributed by atoms with van der Waals surface area (Å²) < 4.78 is 12.5. The molecule has 0 bridgehead atoms. The lowest BCUT2D eigenvalue weighted by molar-refractivity contribution is -0.114. The number of nitrogens with two attached hydrogens (primary N) is 1. The van der Waals surface area contributed by atoms with Crippen LogP contribution in [0.1, 0.15) is 19.4 Å². The molecule has 0 aliphatic rings. The van der Waals surface area contributed by atoms with Crippen molar-refractivity contribution < 1.29 is 14.2 Å². The molecule has 3 N–H and O–H groups in total. The summed E-state index contributed by atoms with van der Waals surface area (Å²) in [4.78, 5) is 20.3. The predicted octanol–water partition coefficient (Wildman–Crippen LogP) is 3.14. The van der Waals surface area contributed by atoms with Crippen LogP contribution in [0.25, 0.3) is 22.6 Å². The standard InChI is InChI=1S/C19H19N7O3/c1-4-26-15-8-16(28-12-6-5-10(2)13(7-12)22-11(3)27)21-9-14(15)23-19(26)17-18(20)25-29-24-17/h5-9H,4H2,1-3H3,(H2,20,25)(H,22,27). The van der Waals surface area contributed by atoms with E-state index in [1.807, 2.05) is 30.5 Å². The van der Waals surface area contributed by atoms with Gasteiger partial charge in [-0.3, -0.25) is 4.79 Å². The minimum atomic E-state index is -0.147. The monoisotopic (exact) mass is 393 g/mol. The van der Waals surface area contributed by atoms with Crippen LogP contribution in [-0.2, 0) is 11.3 Å². The Morgan fingerprint density at radius 2 is 2.14 bits per heavy atom. The number of nitrogen functional groups attached to an aromatic ring is 1. The number of nitrogens with one attached hydrogen (secondary N) is 1. The third-order valence-corrected chi connectivity index (χ3v) is 4.39. The molecule has 0 saturated carbocycles. The molecule has 1 aromatic carbocycles. The number of aryl methyl sites for hydroxylation is 2. The molecular weight excluding hydrogens is 374 g/mol. The van der Waals surface area contributed by atoms with Crippen molar-refractivity contribution in [1.82, 2.24) is 24.8 Å². The SMILES string of the molecule is CCn1c(-c2nonc2N)nc2cnc(Oc3ccc(C)c(NC(C)=O)c3)cc21. The Labute approximate surface area is 165 Å². The number of carbonyl (C=O) groups is 1. The first-order chi connectivity index (χ1) is 14.0. The molecule has 10 nitrogen and oxygen atoms in total. The van der Waals surface area contributed by atoms with Crippen LogP contribution in [0.5, 0.6) is 11.6 Å². The Bertz CT molecular complexity index is 1210. The number of anilines is 2. The summed E-state index contributed by atoms with van der Waals surface area (Å²) in [5, 5.41) is 10.2. The first-order valence-electron chi connectivity index (χ1n) is 8.97. The molecular formula is C19H19N7O3. The van der Waals surface area contributed by atoms with E-state index < -0.39 is 0 Å². The van der Waals surface area contributed by atoms with Crippen molar-refractivity contribution in [2.75, 3.05) is 11.1 Å². The molecule has 4 rings (SSSR count). The van der Waals surface area contributed by atoms with Crippen LogP contribution in [0.15, 0.2) is 35.1 Å². The van der Waals surface area contributed by atoms with Crippen LogP contribution in [0.3, 0.4) is 0 Å². The highest BCUT2D eigenvalue weighted by Gasteiger charge is 2.19. The van der Waals surface area contributed by atoms with Gasteiger partial charge in [0, 0.05) is 31.3 Å². The number of pyridine rings is 1. The van der Waals surface area contributed by atoms with Gasteiger partial charge in [-0.25, -0.2) is 14.6 Å². The summed E-state index contributed by atoms with van der Waals surface area (Å²) in [6.07, 6.45) is 1.62. The molecule has 0 unspecified atom stereocenters. The van der Waals surface area contributed by atoms with E-state index in [4.69, 9.17) is 15.1 Å².